The van der Waals surface area contributed by atoms with Crippen LogP contribution in [-0.4, -0.2) is 22.5 Å². The number of aromatic nitrogens is 1. The number of carbonyl (C=O) groups is 2. The first-order valence-electron chi connectivity index (χ1n) is 6.27. The van der Waals surface area contributed by atoms with Gasteiger partial charge in [0.05, 0.1) is 10.2 Å². The highest BCUT2D eigenvalue weighted by Gasteiger charge is 2.13. The van der Waals surface area contributed by atoms with Crippen LogP contribution in [0.25, 0.3) is 10.2 Å². The first kappa shape index (κ1) is 14.0. The number of benzene rings is 1. The molecule has 1 aromatic carbocycles. The van der Waals surface area contributed by atoms with Crippen molar-refractivity contribution in [2.75, 3.05) is 5.32 Å². The Kier molecular flexibility index (Phi) is 3.71. The zero-order valence-electron chi connectivity index (χ0n) is 11.1. The van der Waals surface area contributed by atoms with Crippen molar-refractivity contribution in [3.05, 3.63) is 47.5 Å². The molecule has 0 unspecified atom stereocenters. The van der Waals surface area contributed by atoms with E-state index in [1.54, 1.807) is 36.5 Å². The molecular formula is C15H10N2O4S. The van der Waals surface area contributed by atoms with Crippen LogP contribution in [0.1, 0.15) is 9.67 Å². The number of carboxylic acid groups (broad SMARTS) is 1. The number of nitrogens with zero attached hydrogens (tertiary/aromatic N) is 1. The molecule has 0 saturated heterocycles. The Labute approximate surface area is 129 Å². The fourth-order valence-corrected chi connectivity index (χ4v) is 2.82. The number of fused-ring (bicyclic) bond motifs is 1. The second-order valence-corrected chi connectivity index (χ2v) is 5.38. The van der Waals surface area contributed by atoms with Gasteiger partial charge in [-0.15, -0.1) is 11.3 Å². The van der Waals surface area contributed by atoms with Crippen LogP contribution in [0.15, 0.2) is 42.6 Å². The van der Waals surface area contributed by atoms with Crippen molar-refractivity contribution >= 4 is 39.6 Å². The summed E-state index contributed by atoms with van der Waals surface area (Å²) in [5, 5.41) is 11.6. The molecule has 0 aliphatic rings. The van der Waals surface area contributed by atoms with E-state index in [0.29, 0.717) is 33.8 Å². The number of carboxylic acids is 1. The number of aromatic carboxylic acids is 1. The van der Waals surface area contributed by atoms with Crippen molar-refractivity contribution in [1.29, 1.82) is 0 Å². The molecule has 0 aliphatic carbocycles. The van der Waals surface area contributed by atoms with Gasteiger partial charge in [0.1, 0.15) is 16.4 Å². The standard InChI is InChI=1S/C15H10N2O4S/c18-8-17-9-1-3-10(4-2-9)21-12-5-6-16-11-7-13(15(19)20)22-14(11)12/h1-8H,(H,17,18)(H,19,20). The van der Waals surface area contributed by atoms with E-state index in [0.717, 1.165) is 11.3 Å². The third-order valence-electron chi connectivity index (χ3n) is 2.89. The van der Waals surface area contributed by atoms with Crippen molar-refractivity contribution in [2.45, 2.75) is 0 Å². The number of nitrogens with one attached hydrogen (secondary N) is 1. The molecule has 0 bridgehead atoms. The molecule has 0 saturated carbocycles. The quantitative estimate of drug-likeness (QED) is 0.705. The maximum atomic E-state index is 11.0. The van der Waals surface area contributed by atoms with Crippen LogP contribution in [0.4, 0.5) is 5.69 Å². The molecule has 7 heteroatoms. The molecule has 2 N–H and O–H groups in total. The zero-order chi connectivity index (χ0) is 15.5. The summed E-state index contributed by atoms with van der Waals surface area (Å²) in [5.74, 6) is 0.131. The smallest absolute Gasteiger partial charge is 0.345 e. The normalized spacial score (nSPS) is 10.4. The molecule has 0 spiro atoms. The predicted octanol–water partition coefficient (Wildman–Crippen LogP) is 3.36. The summed E-state index contributed by atoms with van der Waals surface area (Å²) in [4.78, 5) is 25.8. The third-order valence-corrected chi connectivity index (χ3v) is 4.02. The van der Waals surface area contributed by atoms with Crippen molar-refractivity contribution in [3.63, 3.8) is 0 Å². The fraction of sp³-hybridized carbons (Fsp3) is 0. The van der Waals surface area contributed by atoms with Gasteiger partial charge < -0.3 is 15.2 Å². The number of hydrogen-bond acceptors (Lipinski definition) is 5. The molecule has 2 aromatic heterocycles. The van der Waals surface area contributed by atoms with Gasteiger partial charge in [0.25, 0.3) is 0 Å². The Hall–Kier alpha value is -2.93. The first-order valence-corrected chi connectivity index (χ1v) is 7.09. The lowest BCUT2D eigenvalue weighted by Crippen LogP contribution is -1.93. The second kappa shape index (κ2) is 5.82. The lowest BCUT2D eigenvalue weighted by molar-refractivity contribution is -0.105. The summed E-state index contributed by atoms with van der Waals surface area (Å²) in [6.45, 7) is 0. The van der Waals surface area contributed by atoms with Crippen molar-refractivity contribution in [1.82, 2.24) is 4.98 Å². The first-order chi connectivity index (χ1) is 10.7. The minimum Gasteiger partial charge on any atom is -0.477 e. The molecule has 22 heavy (non-hydrogen) atoms. The number of thiophene rings is 1. The monoisotopic (exact) mass is 314 g/mol. The average molecular weight is 314 g/mol. The number of pyridine rings is 1. The lowest BCUT2D eigenvalue weighted by atomic mass is 10.3. The van der Waals surface area contributed by atoms with Gasteiger partial charge in [-0.25, -0.2) is 4.79 Å². The van der Waals surface area contributed by atoms with Crippen LogP contribution in [0, 0.1) is 0 Å². The predicted molar refractivity (Wildman–Crippen MR) is 82.8 cm³/mol. The number of hydrogen-bond donors (Lipinski definition) is 2. The Balaban J connectivity index is 1.92. The largest absolute Gasteiger partial charge is 0.477 e. The average Bonchev–Trinajstić information content (AvgIpc) is 2.95. The maximum absolute atomic E-state index is 11.0. The summed E-state index contributed by atoms with van der Waals surface area (Å²) in [7, 11) is 0. The molecule has 0 aliphatic heterocycles. The van der Waals surface area contributed by atoms with E-state index < -0.39 is 5.97 Å². The highest BCUT2D eigenvalue weighted by Crippen LogP contribution is 2.35. The van der Waals surface area contributed by atoms with Crippen molar-refractivity contribution in [3.8, 4) is 11.5 Å². The van der Waals surface area contributed by atoms with E-state index in [1.807, 2.05) is 0 Å². The van der Waals surface area contributed by atoms with Crippen LogP contribution in [0.3, 0.4) is 0 Å². The molecule has 1 amide bonds. The Morgan fingerprint density at radius 1 is 1.27 bits per heavy atom. The minimum atomic E-state index is -0.988. The summed E-state index contributed by atoms with van der Waals surface area (Å²) in [6.07, 6.45) is 2.17. The molecule has 3 rings (SSSR count). The molecule has 0 radical (unpaired) electrons. The Morgan fingerprint density at radius 3 is 2.73 bits per heavy atom. The number of amides is 1. The number of rotatable bonds is 5. The van der Waals surface area contributed by atoms with Crippen molar-refractivity contribution in [2.24, 2.45) is 0 Å². The number of ether oxygens (including phenoxy) is 1. The fourth-order valence-electron chi connectivity index (χ4n) is 1.91. The number of anilines is 1. The van der Waals surface area contributed by atoms with Crippen LogP contribution in [0.5, 0.6) is 11.5 Å². The van der Waals surface area contributed by atoms with E-state index in [9.17, 15) is 9.59 Å². The summed E-state index contributed by atoms with van der Waals surface area (Å²) >= 11 is 1.12. The molecule has 0 atom stereocenters. The van der Waals surface area contributed by atoms with Gasteiger partial charge in [-0.1, -0.05) is 0 Å². The highest BCUT2D eigenvalue weighted by molar-refractivity contribution is 7.21. The van der Waals surface area contributed by atoms with Crippen LogP contribution in [0.2, 0.25) is 0 Å². The van der Waals surface area contributed by atoms with E-state index in [1.165, 1.54) is 6.07 Å². The third kappa shape index (κ3) is 2.75. The van der Waals surface area contributed by atoms with Gasteiger partial charge in [-0.2, -0.15) is 0 Å². The van der Waals surface area contributed by atoms with Crippen LogP contribution >= 0.6 is 11.3 Å². The molecule has 6 nitrogen and oxygen atoms in total. The minimum absolute atomic E-state index is 0.212. The van der Waals surface area contributed by atoms with Gasteiger partial charge in [-0.3, -0.25) is 9.78 Å². The van der Waals surface area contributed by atoms with Crippen molar-refractivity contribution < 1.29 is 19.4 Å². The second-order valence-electron chi connectivity index (χ2n) is 4.33. The van der Waals surface area contributed by atoms with Crippen LogP contribution in [-0.2, 0) is 4.79 Å². The van der Waals surface area contributed by atoms with Gasteiger partial charge >= 0.3 is 5.97 Å². The molecule has 2 heterocycles. The highest BCUT2D eigenvalue weighted by atomic mass is 32.1. The Morgan fingerprint density at radius 2 is 2.05 bits per heavy atom. The SMILES string of the molecule is O=CNc1ccc(Oc2ccnc3cc(C(=O)O)sc23)cc1. The molecule has 110 valence electrons. The summed E-state index contributed by atoms with van der Waals surface area (Å²) < 4.78 is 6.46. The molecule has 3 aromatic rings. The Bertz CT molecular complexity index is 842. The van der Waals surface area contributed by atoms with E-state index in [4.69, 9.17) is 9.84 Å². The maximum Gasteiger partial charge on any atom is 0.345 e. The molecule has 0 fully saturated rings. The van der Waals surface area contributed by atoms with Gasteiger partial charge in [0, 0.05) is 18.0 Å². The van der Waals surface area contributed by atoms with E-state index >= 15 is 0 Å². The summed E-state index contributed by atoms with van der Waals surface area (Å²) in [5.41, 5.74) is 1.24. The van der Waals surface area contributed by atoms with E-state index in [2.05, 4.69) is 10.3 Å². The van der Waals surface area contributed by atoms with Crippen LogP contribution < -0.4 is 10.1 Å². The zero-order valence-corrected chi connectivity index (χ0v) is 12.0. The molecular weight excluding hydrogens is 304 g/mol. The van der Waals surface area contributed by atoms with Gasteiger partial charge in [-0.05, 0) is 30.3 Å². The number of carbonyl (C=O) groups excluding carboxylic acids is 1. The lowest BCUT2D eigenvalue weighted by Gasteiger charge is -2.07. The topological polar surface area (TPSA) is 88.5 Å². The summed E-state index contributed by atoms with van der Waals surface area (Å²) in [6, 6.07) is 10.0. The van der Waals surface area contributed by atoms with E-state index in [-0.39, 0.29) is 4.88 Å². The van der Waals surface area contributed by atoms with Gasteiger partial charge in [0.15, 0.2) is 0 Å². The van der Waals surface area contributed by atoms with Gasteiger partial charge in [0.2, 0.25) is 6.41 Å².